The molecule has 3 aromatic rings. The minimum absolute atomic E-state index is 0.231. The molecule has 0 aliphatic heterocycles. The monoisotopic (exact) mass is 809 g/mol. The van der Waals surface area contributed by atoms with E-state index in [0.29, 0.717) is 0 Å². The SMILES string of the molecule is CC(C)(C)[As](c1ccccc1N(c1ccccc1[As](C(C)(C)C)C(C)(C)C)c1ccccc1[As](C(C)(C)C)C(C)(C)C)C(C)(C)C. The van der Waals surface area contributed by atoms with Gasteiger partial charge in [-0.3, -0.25) is 0 Å². The standard InChI is InChI=1S/C42H66As3N/c1-37(2,3)43(38(4,5)6)31-25-19-22-28-34(31)46(35-29-23-20-26-32(35)44(39(7,8)9)40(10,11)12)36-30-24-21-27-33(36)45(41(13,14)15)42(16,17)18/h19-30H,1-18H3. The summed E-state index contributed by atoms with van der Waals surface area (Å²) in [4.78, 5) is 2.78. The zero-order chi connectivity index (χ0) is 35.3. The van der Waals surface area contributed by atoms with Crippen LogP contribution in [0, 0.1) is 0 Å². The van der Waals surface area contributed by atoms with Crippen LogP contribution < -0.4 is 18.0 Å². The average molecular weight is 810 g/mol. The summed E-state index contributed by atoms with van der Waals surface area (Å²) in [6.07, 6.45) is 0. The van der Waals surface area contributed by atoms with Crippen molar-refractivity contribution >= 4 is 74.1 Å². The molecule has 0 saturated heterocycles. The molecule has 0 radical (unpaired) electrons. The average Bonchev–Trinajstić information content (AvgIpc) is 2.82. The number of benzene rings is 3. The Balaban J connectivity index is 2.63. The Labute approximate surface area is 299 Å². The van der Waals surface area contributed by atoms with Crippen molar-refractivity contribution in [2.24, 2.45) is 0 Å². The molecule has 3 aromatic carbocycles. The van der Waals surface area contributed by atoms with Crippen LogP contribution in [0.15, 0.2) is 72.8 Å². The Morgan fingerprint density at radius 1 is 0.304 bits per heavy atom. The van der Waals surface area contributed by atoms with Crippen LogP contribution in [0.2, 0.25) is 25.2 Å². The van der Waals surface area contributed by atoms with Gasteiger partial charge in [-0.25, -0.2) is 0 Å². The van der Waals surface area contributed by atoms with Crippen LogP contribution >= 0.6 is 0 Å². The molecule has 1 nitrogen and oxygen atoms in total. The summed E-state index contributed by atoms with van der Waals surface area (Å²) >= 11 is -4.92. The number of nitrogens with zero attached hydrogens (tertiary/aromatic N) is 1. The maximum absolute atomic E-state index is 2.78. The molecular weight excluding hydrogens is 743 g/mol. The first-order valence-corrected chi connectivity index (χ1v) is 25.6. The number of hydrogen-bond donors (Lipinski definition) is 0. The van der Waals surface area contributed by atoms with Gasteiger partial charge in [0.25, 0.3) is 0 Å². The Bertz CT molecular complexity index is 1240. The Kier molecular flexibility index (Phi) is 11.9. The summed E-state index contributed by atoms with van der Waals surface area (Å²) in [5.41, 5.74) is 4.21. The predicted molar refractivity (Wildman–Crippen MR) is 216 cm³/mol. The van der Waals surface area contributed by atoms with Gasteiger partial charge in [0, 0.05) is 0 Å². The zero-order valence-electron chi connectivity index (χ0n) is 32.7. The fraction of sp³-hybridized carbons (Fsp3) is 0.571. The van der Waals surface area contributed by atoms with Crippen LogP contribution in [0.1, 0.15) is 125 Å². The fourth-order valence-corrected chi connectivity index (χ4v) is 33.9. The number of hydrogen-bond acceptors (Lipinski definition) is 1. The molecule has 254 valence electrons. The van der Waals surface area contributed by atoms with Gasteiger partial charge in [0.2, 0.25) is 0 Å². The van der Waals surface area contributed by atoms with Crippen LogP contribution in [0.25, 0.3) is 0 Å². The van der Waals surface area contributed by atoms with Crippen LogP contribution in [0.4, 0.5) is 17.1 Å². The fourth-order valence-electron chi connectivity index (χ4n) is 8.10. The summed E-state index contributed by atoms with van der Waals surface area (Å²) in [6, 6.07) is 28.7. The van der Waals surface area contributed by atoms with Crippen molar-refractivity contribution in [1.82, 2.24) is 0 Å². The molecule has 0 aliphatic carbocycles. The Morgan fingerprint density at radius 2 is 0.478 bits per heavy atom. The summed E-state index contributed by atoms with van der Waals surface area (Å²) < 4.78 is 6.17. The van der Waals surface area contributed by atoms with E-state index < -0.39 is 44.0 Å². The van der Waals surface area contributed by atoms with E-state index in [2.05, 4.69) is 202 Å². The molecule has 0 amide bonds. The molecule has 0 aromatic heterocycles. The summed E-state index contributed by atoms with van der Waals surface area (Å²) in [5.74, 6) is 0. The first-order valence-electron chi connectivity index (χ1n) is 17.2. The van der Waals surface area contributed by atoms with Gasteiger partial charge >= 0.3 is 302 Å². The first kappa shape index (κ1) is 39.6. The molecule has 4 heteroatoms. The summed E-state index contributed by atoms with van der Waals surface area (Å²) in [6.45, 7) is 44.9. The molecule has 3 rings (SSSR count). The van der Waals surface area contributed by atoms with Crippen molar-refractivity contribution in [3.05, 3.63) is 72.8 Å². The van der Waals surface area contributed by atoms with E-state index in [-0.39, 0.29) is 25.2 Å². The van der Waals surface area contributed by atoms with Gasteiger partial charge in [0.15, 0.2) is 0 Å². The summed E-state index contributed by atoms with van der Waals surface area (Å²) in [5, 5.41) is 0. The third kappa shape index (κ3) is 9.02. The molecule has 0 saturated carbocycles. The third-order valence-corrected chi connectivity index (χ3v) is 30.4. The van der Waals surface area contributed by atoms with Crippen LogP contribution in [-0.2, 0) is 0 Å². The molecular formula is C42H66As3N. The number of rotatable bonds is 6. The van der Waals surface area contributed by atoms with Crippen molar-refractivity contribution in [1.29, 1.82) is 0 Å². The van der Waals surface area contributed by atoms with Crippen LogP contribution in [0.3, 0.4) is 0 Å². The van der Waals surface area contributed by atoms with Gasteiger partial charge in [-0.15, -0.1) is 0 Å². The van der Waals surface area contributed by atoms with Crippen molar-refractivity contribution in [2.75, 3.05) is 4.90 Å². The van der Waals surface area contributed by atoms with E-state index in [1.54, 1.807) is 13.1 Å². The molecule has 46 heavy (non-hydrogen) atoms. The van der Waals surface area contributed by atoms with Crippen molar-refractivity contribution < 1.29 is 0 Å². The molecule has 0 atom stereocenters. The Hall–Kier alpha value is -0.865. The van der Waals surface area contributed by atoms with Crippen molar-refractivity contribution in [2.45, 2.75) is 150 Å². The van der Waals surface area contributed by atoms with Gasteiger partial charge in [0.1, 0.15) is 0 Å². The molecule has 0 N–H and O–H groups in total. The van der Waals surface area contributed by atoms with Gasteiger partial charge < -0.3 is 0 Å². The van der Waals surface area contributed by atoms with Gasteiger partial charge in [0.05, 0.1) is 0 Å². The number of anilines is 3. The van der Waals surface area contributed by atoms with Crippen LogP contribution in [0.5, 0.6) is 0 Å². The molecule has 0 unspecified atom stereocenters. The zero-order valence-corrected chi connectivity index (χ0v) is 38.3. The maximum atomic E-state index is 2.78. The quantitative estimate of drug-likeness (QED) is 0.224. The topological polar surface area (TPSA) is 3.24 Å². The van der Waals surface area contributed by atoms with Crippen LogP contribution in [-0.4, -0.2) is 44.0 Å². The van der Waals surface area contributed by atoms with E-state index in [1.165, 1.54) is 17.1 Å². The van der Waals surface area contributed by atoms with E-state index in [4.69, 9.17) is 0 Å². The molecule has 0 bridgehead atoms. The summed E-state index contributed by atoms with van der Waals surface area (Å²) in [7, 11) is 0. The second-order valence-corrected chi connectivity index (χ2v) is 43.0. The number of para-hydroxylation sites is 3. The van der Waals surface area contributed by atoms with E-state index in [9.17, 15) is 0 Å². The molecule has 0 aliphatic rings. The van der Waals surface area contributed by atoms with Crippen molar-refractivity contribution in [3.63, 3.8) is 0 Å². The molecule has 0 heterocycles. The van der Waals surface area contributed by atoms with E-state index in [0.717, 1.165) is 0 Å². The molecule has 0 spiro atoms. The second kappa shape index (κ2) is 13.8. The van der Waals surface area contributed by atoms with Gasteiger partial charge in [-0.05, 0) is 0 Å². The van der Waals surface area contributed by atoms with Gasteiger partial charge in [-0.2, -0.15) is 0 Å². The predicted octanol–water partition coefficient (Wildman–Crippen LogP) is 12.1. The second-order valence-electron chi connectivity index (χ2n) is 18.8. The van der Waals surface area contributed by atoms with E-state index in [1.807, 2.05) is 0 Å². The first-order chi connectivity index (χ1) is 20.7. The Morgan fingerprint density at radius 3 is 0.652 bits per heavy atom. The van der Waals surface area contributed by atoms with Crippen molar-refractivity contribution in [3.8, 4) is 0 Å². The van der Waals surface area contributed by atoms with E-state index >= 15 is 0 Å². The minimum atomic E-state index is -1.64. The molecule has 0 fully saturated rings. The van der Waals surface area contributed by atoms with Gasteiger partial charge in [-0.1, -0.05) is 0 Å². The normalized spacial score (nSPS) is 14.0. The third-order valence-electron chi connectivity index (χ3n) is 8.12.